The van der Waals surface area contributed by atoms with E-state index in [1.54, 1.807) is 0 Å². The summed E-state index contributed by atoms with van der Waals surface area (Å²) in [5.41, 5.74) is 0. The van der Waals surface area contributed by atoms with Crippen molar-refractivity contribution >= 4 is 67.0 Å². The summed E-state index contributed by atoms with van der Waals surface area (Å²) in [6.07, 6.45) is 0. The fourth-order valence-electron chi connectivity index (χ4n) is 0. The fraction of sp³-hybridized carbons (Fsp3) is 0. The second-order valence-electron chi connectivity index (χ2n) is 0.448. The van der Waals surface area contributed by atoms with Crippen LogP contribution in [-0.2, 0) is 10.4 Å². The van der Waals surface area contributed by atoms with Crippen molar-refractivity contribution in [1.29, 1.82) is 0 Å². The van der Waals surface area contributed by atoms with Gasteiger partial charge in [0, 0.05) is 0 Å². The molecule has 0 aliphatic carbocycles. The van der Waals surface area contributed by atoms with Gasteiger partial charge in [0.25, 0.3) is 0 Å². The predicted molar refractivity (Wildman–Crippen MR) is 29.9 cm³/mol. The SMILES string of the molecule is O=S(=O)(O)O.[CaH2].[LiH]. The summed E-state index contributed by atoms with van der Waals surface area (Å²) >= 11 is 0. The zero-order valence-electron chi connectivity index (χ0n) is 2.12. The van der Waals surface area contributed by atoms with Crippen LogP contribution in [0, 0.1) is 0 Å². The first-order chi connectivity index (χ1) is 2.00. The van der Waals surface area contributed by atoms with Gasteiger partial charge in [-0.15, -0.1) is 0 Å². The molecule has 0 saturated heterocycles. The Labute approximate surface area is 83.4 Å². The molecule has 0 aromatic carbocycles. The van der Waals surface area contributed by atoms with E-state index in [0.29, 0.717) is 0 Å². The van der Waals surface area contributed by atoms with Gasteiger partial charge in [-0.2, -0.15) is 8.42 Å². The molecule has 7 heavy (non-hydrogen) atoms. The average molecular weight is 148 g/mol. The van der Waals surface area contributed by atoms with Crippen LogP contribution in [0.2, 0.25) is 0 Å². The third-order valence-corrected chi connectivity index (χ3v) is 0. The first-order valence-corrected chi connectivity index (χ1v) is 2.10. The summed E-state index contributed by atoms with van der Waals surface area (Å²) in [6, 6.07) is 0. The van der Waals surface area contributed by atoms with Crippen molar-refractivity contribution in [3.63, 3.8) is 0 Å². The van der Waals surface area contributed by atoms with Crippen LogP contribution < -0.4 is 0 Å². The van der Waals surface area contributed by atoms with Crippen molar-refractivity contribution in [2.24, 2.45) is 0 Å². The zero-order valence-corrected chi connectivity index (χ0v) is 2.94. The van der Waals surface area contributed by atoms with E-state index in [0.717, 1.165) is 0 Å². The first-order valence-electron chi connectivity index (χ1n) is 0.698. The minimum atomic E-state index is -4.67. The molecule has 0 rings (SSSR count). The van der Waals surface area contributed by atoms with E-state index in [2.05, 4.69) is 0 Å². The van der Waals surface area contributed by atoms with Crippen LogP contribution in [0.3, 0.4) is 0 Å². The van der Waals surface area contributed by atoms with Crippen LogP contribution >= 0.6 is 0 Å². The van der Waals surface area contributed by atoms with Gasteiger partial charge in [0.1, 0.15) is 0 Å². The Morgan fingerprint density at radius 1 is 1.14 bits per heavy atom. The Morgan fingerprint density at radius 2 is 1.14 bits per heavy atom. The van der Waals surface area contributed by atoms with E-state index in [-0.39, 0.29) is 56.6 Å². The van der Waals surface area contributed by atoms with E-state index in [9.17, 15) is 0 Å². The molecule has 0 fully saturated rings. The van der Waals surface area contributed by atoms with Gasteiger partial charge in [-0.3, -0.25) is 9.11 Å². The van der Waals surface area contributed by atoms with Crippen molar-refractivity contribution in [1.82, 2.24) is 0 Å². The van der Waals surface area contributed by atoms with Gasteiger partial charge in [0.05, 0.1) is 0 Å². The molecule has 0 aromatic rings. The van der Waals surface area contributed by atoms with Crippen LogP contribution in [0.15, 0.2) is 0 Å². The van der Waals surface area contributed by atoms with Gasteiger partial charge in [-0.05, 0) is 0 Å². The number of hydrogen-bond donors (Lipinski definition) is 2. The summed E-state index contributed by atoms with van der Waals surface area (Å²) in [5.74, 6) is 0. The molecule has 0 atom stereocenters. The summed E-state index contributed by atoms with van der Waals surface area (Å²) in [6.45, 7) is 0. The first kappa shape index (κ1) is 15.9. The normalized spacial score (nSPS) is 8.29. The average Bonchev–Trinajstić information content (AvgIpc) is 0.722. The van der Waals surface area contributed by atoms with E-state index in [1.165, 1.54) is 0 Å². The van der Waals surface area contributed by atoms with Gasteiger partial charge in [-0.25, -0.2) is 0 Å². The summed E-state index contributed by atoms with van der Waals surface area (Å²) in [5, 5.41) is 0. The topological polar surface area (TPSA) is 74.6 Å². The van der Waals surface area contributed by atoms with Gasteiger partial charge < -0.3 is 0 Å². The summed E-state index contributed by atoms with van der Waals surface area (Å²) in [7, 11) is -4.67. The second-order valence-corrected chi connectivity index (χ2v) is 1.34. The Bertz CT molecular complexity index is 94.9. The van der Waals surface area contributed by atoms with E-state index in [4.69, 9.17) is 17.5 Å². The third kappa shape index (κ3) is 85.0. The molecule has 7 heteroatoms. The molecule has 0 bridgehead atoms. The van der Waals surface area contributed by atoms with Crippen LogP contribution in [0.4, 0.5) is 0 Å². The molecule has 4 nitrogen and oxygen atoms in total. The Kier molecular flexibility index (Phi) is 13.3. The molecule has 0 aliphatic rings. The number of rotatable bonds is 0. The van der Waals surface area contributed by atoms with Gasteiger partial charge in [-0.1, -0.05) is 0 Å². The molecule has 0 spiro atoms. The van der Waals surface area contributed by atoms with E-state index >= 15 is 0 Å². The molecule has 0 amide bonds. The summed E-state index contributed by atoms with van der Waals surface area (Å²) < 4.78 is 31.6. The Hall–Kier alpha value is 1.73. The Morgan fingerprint density at radius 3 is 1.14 bits per heavy atom. The molecular weight excluding hydrogens is 143 g/mol. The van der Waals surface area contributed by atoms with E-state index < -0.39 is 10.4 Å². The zero-order chi connectivity index (χ0) is 4.50. The fourth-order valence-corrected chi connectivity index (χ4v) is 0. The van der Waals surface area contributed by atoms with Crippen LogP contribution in [0.1, 0.15) is 0 Å². The standard InChI is InChI=1S/Ca.Li.H2O4S.3H/c;;1-5(2,3)4;;;/h;;(H2,1,2,3,4);;;. The molecule has 0 radical (unpaired) electrons. The molecule has 0 aliphatic heterocycles. The molecular formula is H5CaLiO4S. The van der Waals surface area contributed by atoms with Crippen molar-refractivity contribution in [3.05, 3.63) is 0 Å². The number of hydrogen-bond acceptors (Lipinski definition) is 2. The Balaban J connectivity index is -0.0000000800. The molecule has 38 valence electrons. The van der Waals surface area contributed by atoms with Crippen molar-refractivity contribution < 1.29 is 17.5 Å². The van der Waals surface area contributed by atoms with Gasteiger partial charge in [0.2, 0.25) is 0 Å². The second kappa shape index (κ2) is 5.86. The third-order valence-electron chi connectivity index (χ3n) is 0. The van der Waals surface area contributed by atoms with Gasteiger partial charge in [0.15, 0.2) is 0 Å². The molecule has 0 unspecified atom stereocenters. The molecule has 2 N–H and O–H groups in total. The monoisotopic (exact) mass is 148 g/mol. The van der Waals surface area contributed by atoms with Crippen LogP contribution in [0.5, 0.6) is 0 Å². The van der Waals surface area contributed by atoms with Crippen molar-refractivity contribution in [2.75, 3.05) is 0 Å². The maximum atomic E-state index is 8.74. The molecule has 0 saturated carbocycles. The van der Waals surface area contributed by atoms with Crippen molar-refractivity contribution in [2.45, 2.75) is 0 Å². The van der Waals surface area contributed by atoms with Crippen LogP contribution in [0.25, 0.3) is 0 Å². The van der Waals surface area contributed by atoms with Gasteiger partial charge >= 0.3 is 67.0 Å². The molecule has 0 heterocycles. The quantitative estimate of drug-likeness (QED) is 0.301. The summed E-state index contributed by atoms with van der Waals surface area (Å²) in [4.78, 5) is 0. The predicted octanol–water partition coefficient (Wildman–Crippen LogP) is -2.22. The molecule has 0 aromatic heterocycles. The minimum absolute atomic E-state index is 0. The van der Waals surface area contributed by atoms with Crippen LogP contribution in [-0.4, -0.2) is 74.1 Å². The van der Waals surface area contributed by atoms with E-state index in [1.807, 2.05) is 0 Å². The van der Waals surface area contributed by atoms with Crippen molar-refractivity contribution in [3.8, 4) is 0 Å². The maximum absolute atomic E-state index is 8.74.